The third kappa shape index (κ3) is 2.83. The maximum Gasteiger partial charge on any atom is 0.0601 e. The molecule has 0 amide bonds. The molecular formula is C12H21N3O. The van der Waals surface area contributed by atoms with Gasteiger partial charge in [0.1, 0.15) is 0 Å². The van der Waals surface area contributed by atoms with Crippen molar-refractivity contribution in [1.82, 2.24) is 15.1 Å². The molecule has 1 fully saturated rings. The number of nitrogens with one attached hydrogen (secondary N) is 1. The average molecular weight is 223 g/mol. The molecule has 0 radical (unpaired) electrons. The molecule has 0 atom stereocenters. The Morgan fingerprint density at radius 1 is 1.56 bits per heavy atom. The van der Waals surface area contributed by atoms with Gasteiger partial charge in [0, 0.05) is 38.0 Å². The van der Waals surface area contributed by atoms with Crippen molar-refractivity contribution in [1.29, 1.82) is 0 Å². The van der Waals surface area contributed by atoms with Crippen LogP contribution in [-0.4, -0.2) is 29.0 Å². The van der Waals surface area contributed by atoms with E-state index in [0.717, 1.165) is 32.4 Å². The molecule has 4 nitrogen and oxygen atoms in total. The third-order valence-corrected chi connectivity index (χ3v) is 3.16. The van der Waals surface area contributed by atoms with Crippen molar-refractivity contribution in [2.75, 3.05) is 7.11 Å². The standard InChI is InChI=1S/C12H21N3O/c1-3-4-15-9-10(8-14-15)7-13-11-5-12(6-11)16-2/h8-9,11-13H,3-7H2,1-2H3. The maximum absolute atomic E-state index is 5.25. The smallest absolute Gasteiger partial charge is 0.0601 e. The molecule has 0 unspecified atom stereocenters. The van der Waals surface area contributed by atoms with Crippen molar-refractivity contribution < 1.29 is 4.74 Å². The molecule has 1 saturated carbocycles. The zero-order valence-corrected chi connectivity index (χ0v) is 10.1. The zero-order chi connectivity index (χ0) is 11.4. The number of hydrogen-bond donors (Lipinski definition) is 1. The van der Waals surface area contributed by atoms with Crippen molar-refractivity contribution >= 4 is 0 Å². The second-order valence-corrected chi connectivity index (χ2v) is 4.52. The van der Waals surface area contributed by atoms with E-state index < -0.39 is 0 Å². The molecule has 0 aromatic carbocycles. The summed E-state index contributed by atoms with van der Waals surface area (Å²) in [6.45, 7) is 4.10. The van der Waals surface area contributed by atoms with Crippen LogP contribution in [0, 0.1) is 0 Å². The summed E-state index contributed by atoms with van der Waals surface area (Å²) >= 11 is 0. The maximum atomic E-state index is 5.25. The van der Waals surface area contributed by atoms with Crippen LogP contribution in [0.1, 0.15) is 31.7 Å². The Balaban J connectivity index is 1.69. The van der Waals surface area contributed by atoms with E-state index in [-0.39, 0.29) is 0 Å². The highest BCUT2D eigenvalue weighted by atomic mass is 16.5. The lowest BCUT2D eigenvalue weighted by Crippen LogP contribution is -2.44. The number of nitrogens with zero attached hydrogens (tertiary/aromatic N) is 2. The van der Waals surface area contributed by atoms with E-state index in [1.54, 1.807) is 7.11 Å². The van der Waals surface area contributed by atoms with Crippen molar-refractivity contribution in [3.63, 3.8) is 0 Å². The SMILES string of the molecule is CCCn1cc(CNC2CC(OC)C2)cn1. The lowest BCUT2D eigenvalue weighted by molar-refractivity contribution is 0.0170. The Morgan fingerprint density at radius 3 is 3.06 bits per heavy atom. The number of hydrogen-bond acceptors (Lipinski definition) is 3. The molecule has 0 spiro atoms. The van der Waals surface area contributed by atoms with Gasteiger partial charge in [0.2, 0.25) is 0 Å². The van der Waals surface area contributed by atoms with Gasteiger partial charge < -0.3 is 10.1 Å². The molecule has 90 valence electrons. The predicted molar refractivity (Wildman–Crippen MR) is 63.2 cm³/mol. The summed E-state index contributed by atoms with van der Waals surface area (Å²) in [7, 11) is 1.79. The summed E-state index contributed by atoms with van der Waals surface area (Å²) in [5.41, 5.74) is 1.27. The number of rotatable bonds is 6. The van der Waals surface area contributed by atoms with E-state index in [1.165, 1.54) is 5.56 Å². The Kier molecular flexibility index (Phi) is 3.96. The summed E-state index contributed by atoms with van der Waals surface area (Å²) in [4.78, 5) is 0. The second kappa shape index (κ2) is 5.46. The predicted octanol–water partition coefficient (Wildman–Crippen LogP) is 1.56. The van der Waals surface area contributed by atoms with Gasteiger partial charge >= 0.3 is 0 Å². The molecule has 1 aromatic rings. The number of methoxy groups -OCH3 is 1. The minimum Gasteiger partial charge on any atom is -0.381 e. The van der Waals surface area contributed by atoms with Crippen LogP contribution in [0.4, 0.5) is 0 Å². The molecule has 1 N–H and O–H groups in total. The van der Waals surface area contributed by atoms with Crippen molar-refractivity contribution in [3.05, 3.63) is 18.0 Å². The first-order valence-corrected chi connectivity index (χ1v) is 6.09. The van der Waals surface area contributed by atoms with E-state index in [2.05, 4.69) is 23.5 Å². The lowest BCUT2D eigenvalue weighted by Gasteiger charge is -2.34. The van der Waals surface area contributed by atoms with E-state index in [0.29, 0.717) is 12.1 Å². The van der Waals surface area contributed by atoms with E-state index in [9.17, 15) is 0 Å². The fourth-order valence-corrected chi connectivity index (χ4v) is 2.04. The van der Waals surface area contributed by atoms with Crippen LogP contribution in [-0.2, 0) is 17.8 Å². The molecule has 1 aromatic heterocycles. The first-order chi connectivity index (χ1) is 7.81. The Morgan fingerprint density at radius 2 is 2.38 bits per heavy atom. The Hall–Kier alpha value is -0.870. The monoisotopic (exact) mass is 223 g/mol. The van der Waals surface area contributed by atoms with Gasteiger partial charge in [0.15, 0.2) is 0 Å². The fourth-order valence-electron chi connectivity index (χ4n) is 2.04. The average Bonchev–Trinajstić information content (AvgIpc) is 2.64. The largest absolute Gasteiger partial charge is 0.381 e. The molecule has 1 heterocycles. The van der Waals surface area contributed by atoms with Gasteiger partial charge in [-0.15, -0.1) is 0 Å². The zero-order valence-electron chi connectivity index (χ0n) is 10.1. The minimum atomic E-state index is 0.473. The van der Waals surface area contributed by atoms with Crippen LogP contribution >= 0.6 is 0 Å². The quantitative estimate of drug-likeness (QED) is 0.795. The first-order valence-electron chi connectivity index (χ1n) is 6.09. The van der Waals surface area contributed by atoms with Crippen LogP contribution in [0.2, 0.25) is 0 Å². The van der Waals surface area contributed by atoms with Crippen LogP contribution in [0.3, 0.4) is 0 Å². The van der Waals surface area contributed by atoms with E-state index in [4.69, 9.17) is 4.74 Å². The highest BCUT2D eigenvalue weighted by Crippen LogP contribution is 2.22. The van der Waals surface area contributed by atoms with Crippen LogP contribution in [0.15, 0.2) is 12.4 Å². The molecule has 4 heteroatoms. The fraction of sp³-hybridized carbons (Fsp3) is 0.750. The number of ether oxygens (including phenoxy) is 1. The summed E-state index contributed by atoms with van der Waals surface area (Å²) in [6.07, 6.45) is 7.96. The molecule has 0 saturated heterocycles. The van der Waals surface area contributed by atoms with Gasteiger partial charge in [0.05, 0.1) is 12.3 Å². The first kappa shape index (κ1) is 11.6. The normalized spacial score (nSPS) is 24.4. The van der Waals surface area contributed by atoms with Crippen molar-refractivity contribution in [2.24, 2.45) is 0 Å². The number of aryl methyl sites for hydroxylation is 1. The molecule has 0 aliphatic heterocycles. The summed E-state index contributed by atoms with van der Waals surface area (Å²) in [6, 6.07) is 0.625. The molecule has 0 bridgehead atoms. The Bertz CT molecular complexity index is 318. The third-order valence-electron chi connectivity index (χ3n) is 3.16. The van der Waals surface area contributed by atoms with Crippen LogP contribution in [0.25, 0.3) is 0 Å². The summed E-state index contributed by atoms with van der Waals surface area (Å²) in [5.74, 6) is 0. The van der Waals surface area contributed by atoms with Gasteiger partial charge in [-0.1, -0.05) is 6.92 Å². The second-order valence-electron chi connectivity index (χ2n) is 4.52. The van der Waals surface area contributed by atoms with Gasteiger partial charge in [0.25, 0.3) is 0 Å². The highest BCUT2D eigenvalue weighted by molar-refractivity contribution is 5.04. The number of aromatic nitrogens is 2. The van der Waals surface area contributed by atoms with E-state index in [1.807, 2.05) is 10.9 Å². The summed E-state index contributed by atoms with van der Waals surface area (Å²) in [5, 5.41) is 7.83. The highest BCUT2D eigenvalue weighted by Gasteiger charge is 2.28. The van der Waals surface area contributed by atoms with E-state index >= 15 is 0 Å². The molecule has 1 aliphatic rings. The molecule has 2 rings (SSSR count). The topological polar surface area (TPSA) is 39.1 Å². The molecule has 1 aliphatic carbocycles. The lowest BCUT2D eigenvalue weighted by atomic mass is 9.89. The van der Waals surface area contributed by atoms with Crippen LogP contribution < -0.4 is 5.32 Å². The van der Waals surface area contributed by atoms with Gasteiger partial charge in [-0.2, -0.15) is 5.10 Å². The molecule has 16 heavy (non-hydrogen) atoms. The minimum absolute atomic E-state index is 0.473. The molecular weight excluding hydrogens is 202 g/mol. The summed E-state index contributed by atoms with van der Waals surface area (Å²) < 4.78 is 7.26. The van der Waals surface area contributed by atoms with Crippen molar-refractivity contribution in [2.45, 2.75) is 51.4 Å². The van der Waals surface area contributed by atoms with Gasteiger partial charge in [-0.05, 0) is 19.3 Å². The van der Waals surface area contributed by atoms with Gasteiger partial charge in [-0.3, -0.25) is 4.68 Å². The Labute approximate surface area is 97.0 Å². The van der Waals surface area contributed by atoms with Crippen LogP contribution in [0.5, 0.6) is 0 Å². The van der Waals surface area contributed by atoms with Crippen molar-refractivity contribution in [3.8, 4) is 0 Å². The van der Waals surface area contributed by atoms with Gasteiger partial charge in [-0.25, -0.2) is 0 Å².